The van der Waals surface area contributed by atoms with Gasteiger partial charge in [-0.3, -0.25) is 0 Å². The molecule has 0 saturated carbocycles. The molecule has 3 rings (SSSR count). The van der Waals surface area contributed by atoms with Crippen molar-refractivity contribution in [2.24, 2.45) is 0 Å². The van der Waals surface area contributed by atoms with E-state index in [1.165, 1.54) is 11.1 Å². The molecule has 0 aliphatic carbocycles. The van der Waals surface area contributed by atoms with Crippen LogP contribution in [0.25, 0.3) is 3.62 Å². The monoisotopic (exact) mass is 322 g/mol. The molecule has 0 bridgehead atoms. The van der Waals surface area contributed by atoms with Gasteiger partial charge < -0.3 is 0 Å². The zero-order valence-electron chi connectivity index (χ0n) is 8.89. The first-order valence-corrected chi connectivity index (χ1v) is 7.78. The van der Waals surface area contributed by atoms with Crippen LogP contribution in [-0.2, 0) is 6.42 Å². The number of benzene rings is 2. The van der Waals surface area contributed by atoms with E-state index in [1.54, 1.807) is 7.23 Å². The number of hydrogen-bond donors (Lipinski definition) is 0. The summed E-state index contributed by atoms with van der Waals surface area (Å²) in [4.78, 5) is 0. The van der Waals surface area contributed by atoms with Crippen LogP contribution in [0.3, 0.4) is 0 Å². The Morgan fingerprint density at radius 2 is 1.56 bits per heavy atom. The van der Waals surface area contributed by atoms with E-state index in [0.717, 1.165) is 6.42 Å². The Labute approximate surface area is 106 Å². The van der Waals surface area contributed by atoms with Crippen LogP contribution in [0.4, 0.5) is 0 Å². The molecule has 2 aromatic carbocycles. The quantitative estimate of drug-likeness (QED) is 0.709. The first kappa shape index (κ1) is 10.1. The standard InChI is InChI=1S/C15H12Te/c1-2-6-12(7-3-1)15-11-10-13-8-4-5-9-14(13)16-15/h1-9,11H,10H2. The summed E-state index contributed by atoms with van der Waals surface area (Å²) in [6.45, 7) is 0. The summed E-state index contributed by atoms with van der Waals surface area (Å²) < 4.78 is 3.19. The van der Waals surface area contributed by atoms with Crippen LogP contribution in [0.5, 0.6) is 0 Å². The third kappa shape index (κ3) is 1.94. The summed E-state index contributed by atoms with van der Waals surface area (Å²) in [6.07, 6.45) is 3.52. The van der Waals surface area contributed by atoms with Gasteiger partial charge in [0.05, 0.1) is 0 Å². The van der Waals surface area contributed by atoms with Crippen molar-refractivity contribution >= 4 is 28.2 Å². The summed E-state index contributed by atoms with van der Waals surface area (Å²) in [5.74, 6) is 0. The van der Waals surface area contributed by atoms with Gasteiger partial charge in [-0.25, -0.2) is 0 Å². The summed E-state index contributed by atoms with van der Waals surface area (Å²) in [6, 6.07) is 19.7. The Balaban J connectivity index is 1.95. The molecule has 0 atom stereocenters. The molecule has 1 aliphatic rings. The molecule has 0 saturated heterocycles. The SMILES string of the molecule is C1=C(c2ccccc2)[Te]c2ccccc2C1. The van der Waals surface area contributed by atoms with Gasteiger partial charge in [-0.2, -0.15) is 0 Å². The molecule has 0 spiro atoms. The fourth-order valence-corrected chi connectivity index (χ4v) is 5.02. The van der Waals surface area contributed by atoms with Gasteiger partial charge in [-0.15, -0.1) is 0 Å². The van der Waals surface area contributed by atoms with E-state index in [4.69, 9.17) is 0 Å². The van der Waals surface area contributed by atoms with E-state index < -0.39 is 0 Å². The van der Waals surface area contributed by atoms with Crippen molar-refractivity contribution in [1.82, 2.24) is 0 Å². The second-order valence-electron chi connectivity index (χ2n) is 3.85. The number of fused-ring (bicyclic) bond motifs is 1. The summed E-state index contributed by atoms with van der Waals surface area (Å²) in [7, 11) is 0. The van der Waals surface area contributed by atoms with E-state index in [9.17, 15) is 0 Å². The van der Waals surface area contributed by atoms with Crippen LogP contribution in [0.1, 0.15) is 11.1 Å². The van der Waals surface area contributed by atoms with Gasteiger partial charge in [-0.05, 0) is 0 Å². The van der Waals surface area contributed by atoms with Crippen molar-refractivity contribution in [3.8, 4) is 0 Å². The second kappa shape index (κ2) is 4.45. The number of hydrogen-bond acceptors (Lipinski definition) is 0. The van der Waals surface area contributed by atoms with Gasteiger partial charge in [0.1, 0.15) is 0 Å². The van der Waals surface area contributed by atoms with Crippen molar-refractivity contribution in [3.63, 3.8) is 0 Å². The minimum absolute atomic E-state index is 0.181. The van der Waals surface area contributed by atoms with Gasteiger partial charge in [0, 0.05) is 0 Å². The van der Waals surface area contributed by atoms with Crippen molar-refractivity contribution in [2.75, 3.05) is 0 Å². The van der Waals surface area contributed by atoms with Crippen LogP contribution < -0.4 is 3.61 Å². The van der Waals surface area contributed by atoms with E-state index >= 15 is 0 Å². The van der Waals surface area contributed by atoms with Gasteiger partial charge in [0.15, 0.2) is 0 Å². The molecule has 16 heavy (non-hydrogen) atoms. The average Bonchev–Trinajstić information content (AvgIpc) is 2.39. The van der Waals surface area contributed by atoms with E-state index in [2.05, 4.69) is 60.7 Å². The van der Waals surface area contributed by atoms with Gasteiger partial charge >= 0.3 is 106 Å². The third-order valence-electron chi connectivity index (χ3n) is 2.76. The molecule has 78 valence electrons. The van der Waals surface area contributed by atoms with Gasteiger partial charge in [0.2, 0.25) is 0 Å². The topological polar surface area (TPSA) is 0 Å². The number of allylic oxidation sites excluding steroid dienone is 1. The zero-order chi connectivity index (χ0) is 10.8. The third-order valence-corrected chi connectivity index (χ3v) is 6.30. The predicted octanol–water partition coefficient (Wildman–Crippen LogP) is 2.61. The molecular formula is C15H12Te. The van der Waals surface area contributed by atoms with E-state index in [0.29, 0.717) is 0 Å². The predicted molar refractivity (Wildman–Crippen MR) is 70.0 cm³/mol. The molecule has 0 nitrogen and oxygen atoms in total. The molecule has 1 heteroatoms. The molecule has 0 radical (unpaired) electrons. The van der Waals surface area contributed by atoms with Crippen molar-refractivity contribution in [3.05, 3.63) is 71.8 Å². The van der Waals surface area contributed by atoms with Crippen molar-refractivity contribution < 1.29 is 0 Å². The summed E-state index contributed by atoms with van der Waals surface area (Å²) in [5.41, 5.74) is 2.95. The minimum atomic E-state index is -0.181. The first-order chi connectivity index (χ1) is 7.93. The molecule has 2 aromatic rings. The van der Waals surface area contributed by atoms with Crippen LogP contribution in [-0.4, -0.2) is 20.9 Å². The van der Waals surface area contributed by atoms with Crippen LogP contribution >= 0.6 is 0 Å². The average molecular weight is 320 g/mol. The molecule has 0 fully saturated rings. The Bertz CT molecular complexity index is 526. The van der Waals surface area contributed by atoms with Gasteiger partial charge in [-0.1, -0.05) is 0 Å². The van der Waals surface area contributed by atoms with E-state index in [-0.39, 0.29) is 20.9 Å². The fraction of sp³-hybridized carbons (Fsp3) is 0.0667. The number of rotatable bonds is 1. The molecule has 0 amide bonds. The Kier molecular flexibility index (Phi) is 2.82. The maximum atomic E-state index is 2.42. The van der Waals surface area contributed by atoms with E-state index in [1.807, 2.05) is 0 Å². The Hall–Kier alpha value is -1.03. The molecule has 1 aliphatic heterocycles. The fourth-order valence-electron chi connectivity index (χ4n) is 1.91. The molecule has 1 heterocycles. The van der Waals surface area contributed by atoms with Crippen LogP contribution in [0.2, 0.25) is 0 Å². The normalized spacial score (nSPS) is 14.1. The molecule has 0 unspecified atom stereocenters. The second-order valence-corrected chi connectivity index (χ2v) is 6.94. The summed E-state index contributed by atoms with van der Waals surface area (Å²) in [5, 5.41) is 0. The van der Waals surface area contributed by atoms with Gasteiger partial charge in [0.25, 0.3) is 0 Å². The van der Waals surface area contributed by atoms with Crippen LogP contribution in [0.15, 0.2) is 60.7 Å². The Morgan fingerprint density at radius 1 is 0.812 bits per heavy atom. The van der Waals surface area contributed by atoms with Crippen molar-refractivity contribution in [1.29, 1.82) is 0 Å². The maximum absolute atomic E-state index is 2.42. The summed E-state index contributed by atoms with van der Waals surface area (Å²) >= 11 is -0.181. The van der Waals surface area contributed by atoms with Crippen LogP contribution in [0, 0.1) is 0 Å². The molecule has 0 aromatic heterocycles. The Morgan fingerprint density at radius 3 is 2.44 bits per heavy atom. The first-order valence-electron chi connectivity index (χ1n) is 5.45. The molecular weight excluding hydrogens is 308 g/mol. The zero-order valence-corrected chi connectivity index (χ0v) is 11.2. The molecule has 0 N–H and O–H groups in total. The van der Waals surface area contributed by atoms with Crippen molar-refractivity contribution in [2.45, 2.75) is 6.42 Å².